The maximum absolute atomic E-state index is 14.1. The lowest BCUT2D eigenvalue weighted by molar-refractivity contribution is -0.189. The van der Waals surface area contributed by atoms with E-state index >= 15 is 0 Å². The van der Waals surface area contributed by atoms with E-state index in [4.69, 9.17) is 19.5 Å². The van der Waals surface area contributed by atoms with Crippen LogP contribution in [0.3, 0.4) is 0 Å². The van der Waals surface area contributed by atoms with Crippen LogP contribution in [0.25, 0.3) is 22.3 Å². The summed E-state index contributed by atoms with van der Waals surface area (Å²) in [6.45, 7) is 6.23. The number of hydrogen-bond donors (Lipinski definition) is 1. The molecule has 3 aromatic rings. The van der Waals surface area contributed by atoms with Gasteiger partial charge in [0.1, 0.15) is 6.61 Å². The standard InChI is InChI=1S/C32H38N6O5.ClH/c1-5-7-8-13-37-19-34-23-10-9-11-24-27(23)29(37)20-16-38-25(28(20)35-24)15-22-21(30(38)40)18-42-31(41)32(22,6-2)43-26(39)17-36(4)14-12-33-3;/h9-11,15,19,33H,5-8,12-14,16-18H2,1-4H3;1H/t32-;/m0./s1. The zero-order valence-corrected chi connectivity index (χ0v) is 26.5. The quantitative estimate of drug-likeness (QED) is 0.196. The summed E-state index contributed by atoms with van der Waals surface area (Å²) in [5, 5.41) is 4.03. The van der Waals surface area contributed by atoms with Gasteiger partial charge in [-0.3, -0.25) is 14.5 Å². The van der Waals surface area contributed by atoms with Crippen molar-refractivity contribution in [1.29, 1.82) is 0 Å². The number of cyclic esters (lactones) is 1. The van der Waals surface area contributed by atoms with E-state index in [0.717, 1.165) is 53.6 Å². The number of aliphatic imine (C=N–C) groups is 1. The average Bonchev–Trinajstić information content (AvgIpc) is 3.37. The molecule has 1 N–H and O–H groups in total. The molecule has 0 aliphatic carbocycles. The third-order valence-electron chi connectivity index (χ3n) is 8.69. The van der Waals surface area contributed by atoms with Crippen molar-refractivity contribution in [1.82, 2.24) is 19.8 Å². The Hall–Kier alpha value is -3.80. The highest BCUT2D eigenvalue weighted by atomic mass is 35.5. The van der Waals surface area contributed by atoms with Gasteiger partial charge in [0.25, 0.3) is 5.56 Å². The molecule has 0 radical (unpaired) electrons. The van der Waals surface area contributed by atoms with Gasteiger partial charge in [0, 0.05) is 30.8 Å². The van der Waals surface area contributed by atoms with Crippen molar-refractivity contribution in [3.8, 4) is 11.4 Å². The minimum atomic E-state index is -1.72. The Bertz CT molecular complexity index is 1700. The van der Waals surface area contributed by atoms with Gasteiger partial charge in [0.15, 0.2) is 0 Å². The van der Waals surface area contributed by atoms with E-state index < -0.39 is 17.5 Å². The van der Waals surface area contributed by atoms with Crippen molar-refractivity contribution in [2.24, 2.45) is 4.99 Å². The number of halogens is 1. The van der Waals surface area contributed by atoms with Crippen LogP contribution < -0.4 is 15.8 Å². The fourth-order valence-corrected chi connectivity index (χ4v) is 6.39. The number of benzene rings is 1. The number of nitrogens with one attached hydrogen (secondary N) is 1. The van der Waals surface area contributed by atoms with E-state index in [1.807, 2.05) is 49.6 Å². The lowest BCUT2D eigenvalue weighted by Crippen LogP contribution is -2.48. The minimum absolute atomic E-state index is 0. The number of ether oxygens (including phenoxy) is 2. The molecule has 0 fully saturated rings. The Morgan fingerprint density at radius 3 is 2.77 bits per heavy atom. The zero-order valence-electron chi connectivity index (χ0n) is 25.6. The van der Waals surface area contributed by atoms with Crippen LogP contribution >= 0.6 is 12.4 Å². The second kappa shape index (κ2) is 12.7. The normalized spacial score (nSPS) is 17.7. The van der Waals surface area contributed by atoms with Gasteiger partial charge in [-0.2, -0.15) is 0 Å². The molecule has 11 nitrogen and oxygen atoms in total. The Kier molecular flexibility index (Phi) is 9.10. The molecule has 0 amide bonds. The molecule has 0 bridgehead atoms. The van der Waals surface area contributed by atoms with Crippen LogP contribution in [-0.2, 0) is 37.8 Å². The van der Waals surface area contributed by atoms with Crippen LogP contribution in [0.15, 0.2) is 34.1 Å². The highest BCUT2D eigenvalue weighted by Crippen LogP contribution is 2.47. The monoisotopic (exact) mass is 622 g/mol. The molecule has 6 rings (SSSR count). The zero-order chi connectivity index (χ0) is 30.3. The summed E-state index contributed by atoms with van der Waals surface area (Å²) < 4.78 is 13.2. The van der Waals surface area contributed by atoms with E-state index in [1.165, 1.54) is 0 Å². The molecule has 1 atom stereocenters. The molecule has 0 saturated carbocycles. The van der Waals surface area contributed by atoms with E-state index in [0.29, 0.717) is 42.1 Å². The predicted octanol–water partition coefficient (Wildman–Crippen LogP) is 3.87. The second-order valence-corrected chi connectivity index (χ2v) is 11.5. The van der Waals surface area contributed by atoms with Gasteiger partial charge in [0.05, 0.1) is 58.7 Å². The number of aromatic nitrogens is 2. The number of hydrogen-bond acceptors (Lipinski definition) is 10. The first-order valence-electron chi connectivity index (χ1n) is 15.1. The van der Waals surface area contributed by atoms with E-state index in [2.05, 4.69) is 17.1 Å². The summed E-state index contributed by atoms with van der Waals surface area (Å²) in [5.74, 6) is -1.23. The predicted molar refractivity (Wildman–Crippen MR) is 172 cm³/mol. The number of nitrogens with zero attached hydrogens (tertiary/aromatic N) is 5. The maximum atomic E-state index is 14.1. The van der Waals surface area contributed by atoms with Crippen LogP contribution in [-0.4, -0.2) is 73.0 Å². The van der Waals surface area contributed by atoms with Gasteiger partial charge < -0.3 is 24.3 Å². The molecular formula is C32H39ClN6O5. The molecule has 2 aromatic heterocycles. The number of anilines is 1. The Balaban J connectivity index is 0.00000384. The summed E-state index contributed by atoms with van der Waals surface area (Å²) in [5.41, 5.74) is 3.63. The van der Waals surface area contributed by atoms with Crippen LogP contribution in [0.5, 0.6) is 0 Å². The summed E-state index contributed by atoms with van der Waals surface area (Å²) in [6.07, 6.45) is 5.23. The van der Waals surface area contributed by atoms with E-state index in [1.54, 1.807) is 11.5 Å². The number of likely N-dealkylation sites (N-methyl/N-ethyl adjacent to an activating group) is 2. The van der Waals surface area contributed by atoms with Gasteiger partial charge in [-0.05, 0) is 45.1 Å². The highest BCUT2D eigenvalue weighted by molar-refractivity contribution is 6.11. The number of carbonyl (C=O) groups is 2. The number of unbranched alkanes of at least 4 members (excludes halogenated alkanes) is 2. The number of fused-ring (bicyclic) bond motifs is 5. The van der Waals surface area contributed by atoms with Crippen LogP contribution in [0.1, 0.15) is 56.2 Å². The SMILES string of the molecule is CCCCCN1C=Nc2cccc3nc4c(c1c23)Cn1c-4cc2c(c1=O)COC(=O)[C@@]2(CC)OC(=O)CN(C)CCNC.Cl. The molecule has 3 aliphatic rings. The fraction of sp³-hybridized carbons (Fsp3) is 0.469. The second-order valence-electron chi connectivity index (χ2n) is 11.5. The first-order chi connectivity index (χ1) is 20.8. The molecule has 5 heterocycles. The smallest absolute Gasteiger partial charge is 0.355 e. The van der Waals surface area contributed by atoms with Crippen LogP contribution in [0.2, 0.25) is 0 Å². The molecule has 44 heavy (non-hydrogen) atoms. The van der Waals surface area contributed by atoms with Crippen molar-refractivity contribution in [3.63, 3.8) is 0 Å². The Morgan fingerprint density at radius 1 is 1.20 bits per heavy atom. The molecule has 0 saturated heterocycles. The van der Waals surface area contributed by atoms with Crippen LogP contribution in [0, 0.1) is 0 Å². The van der Waals surface area contributed by atoms with Gasteiger partial charge in [-0.15, -0.1) is 12.4 Å². The maximum Gasteiger partial charge on any atom is 0.355 e. The molecule has 0 unspecified atom stereocenters. The average molecular weight is 623 g/mol. The van der Waals surface area contributed by atoms with Gasteiger partial charge in [0.2, 0.25) is 5.60 Å². The van der Waals surface area contributed by atoms with Crippen molar-refractivity contribution >= 4 is 53.0 Å². The van der Waals surface area contributed by atoms with Crippen molar-refractivity contribution in [3.05, 3.63) is 51.3 Å². The lowest BCUT2D eigenvalue weighted by Gasteiger charge is -2.36. The molecular weight excluding hydrogens is 584 g/mol. The third kappa shape index (κ3) is 5.16. The highest BCUT2D eigenvalue weighted by Gasteiger charge is 2.50. The van der Waals surface area contributed by atoms with Gasteiger partial charge >= 0.3 is 11.9 Å². The number of rotatable bonds is 11. The number of esters is 2. The number of pyridine rings is 2. The lowest BCUT2D eigenvalue weighted by atomic mass is 9.85. The fourth-order valence-electron chi connectivity index (χ4n) is 6.39. The summed E-state index contributed by atoms with van der Waals surface area (Å²) in [4.78, 5) is 54.3. The van der Waals surface area contributed by atoms with Gasteiger partial charge in [-0.1, -0.05) is 32.8 Å². The van der Waals surface area contributed by atoms with Gasteiger partial charge in [-0.25, -0.2) is 14.8 Å². The van der Waals surface area contributed by atoms with Crippen molar-refractivity contribution < 1.29 is 19.1 Å². The van der Waals surface area contributed by atoms with E-state index in [-0.39, 0.29) is 37.5 Å². The minimum Gasteiger partial charge on any atom is -0.457 e. The van der Waals surface area contributed by atoms with Crippen LogP contribution in [0.4, 0.5) is 11.4 Å². The largest absolute Gasteiger partial charge is 0.457 e. The summed E-state index contributed by atoms with van der Waals surface area (Å²) >= 11 is 0. The molecule has 234 valence electrons. The Labute approximate surface area is 262 Å². The first-order valence-corrected chi connectivity index (χ1v) is 15.1. The Morgan fingerprint density at radius 2 is 2.02 bits per heavy atom. The molecule has 1 aromatic carbocycles. The topological polar surface area (TPSA) is 118 Å². The molecule has 0 spiro atoms. The van der Waals surface area contributed by atoms with E-state index in [9.17, 15) is 14.4 Å². The third-order valence-corrected chi connectivity index (χ3v) is 8.69. The van der Waals surface area contributed by atoms with Crippen molar-refractivity contribution in [2.75, 3.05) is 45.2 Å². The first kappa shape index (κ1) is 31.6. The summed E-state index contributed by atoms with van der Waals surface area (Å²) in [7, 11) is 3.65. The molecule has 12 heteroatoms. The van der Waals surface area contributed by atoms with Crippen molar-refractivity contribution in [2.45, 2.75) is 58.3 Å². The summed E-state index contributed by atoms with van der Waals surface area (Å²) in [6, 6.07) is 7.70. The number of carbonyl (C=O) groups excluding carboxylic acids is 2. The molecule has 3 aliphatic heterocycles.